The predicted octanol–water partition coefficient (Wildman–Crippen LogP) is -2.11. The van der Waals surface area contributed by atoms with Crippen LogP contribution < -0.4 is 11.5 Å². The fourth-order valence-corrected chi connectivity index (χ4v) is 0.304. The number of carbonyl (C=O) groups excluding carboxylic acids is 1. The van der Waals surface area contributed by atoms with Crippen LogP contribution in [-0.2, 0) is 9.59 Å². The van der Waals surface area contributed by atoms with Crippen LogP contribution in [0.2, 0.25) is 0 Å². The van der Waals surface area contributed by atoms with Crippen LogP contribution in [0.1, 0.15) is 6.42 Å². The van der Waals surface area contributed by atoms with Gasteiger partial charge in [-0.2, -0.15) is 0 Å². The fourth-order valence-electron chi connectivity index (χ4n) is 0.304. The van der Waals surface area contributed by atoms with Crippen LogP contribution in [0.3, 0.4) is 0 Å². The van der Waals surface area contributed by atoms with Crippen molar-refractivity contribution in [3.8, 4) is 0 Å². The van der Waals surface area contributed by atoms with E-state index in [1.54, 1.807) is 0 Å². The van der Waals surface area contributed by atoms with Crippen LogP contribution in [0.4, 0.5) is 0 Å². The van der Waals surface area contributed by atoms with Crippen molar-refractivity contribution in [3.63, 3.8) is 0 Å². The molecule has 1 radical (unpaired) electrons. The summed E-state index contributed by atoms with van der Waals surface area (Å²) in [6.07, 6.45) is -0.310. The molecule has 0 aliphatic rings. The van der Waals surface area contributed by atoms with Gasteiger partial charge in [0.25, 0.3) is 0 Å². The number of carboxylic acid groups (broad SMARTS) is 1. The second-order valence-electron chi connectivity index (χ2n) is 1.62. The number of aliphatic carboxylic acids is 1. The van der Waals surface area contributed by atoms with Gasteiger partial charge in [0.2, 0.25) is 5.91 Å². The molecule has 0 spiro atoms. The molecule has 0 unspecified atom stereocenters. The number of carboxylic acids is 1. The topological polar surface area (TPSA) is 106 Å². The van der Waals surface area contributed by atoms with E-state index in [0.29, 0.717) is 0 Å². The van der Waals surface area contributed by atoms with E-state index in [9.17, 15) is 9.59 Å². The Morgan fingerprint density at radius 2 is 1.90 bits per heavy atom. The third-order valence-electron chi connectivity index (χ3n) is 0.738. The van der Waals surface area contributed by atoms with Crippen molar-refractivity contribution in [1.82, 2.24) is 0 Å². The number of hydrogen-bond donors (Lipinski definition) is 3. The Morgan fingerprint density at radius 3 is 2.00 bits per heavy atom. The van der Waals surface area contributed by atoms with Gasteiger partial charge in [0.1, 0.15) is 6.04 Å². The molecule has 0 rings (SSSR count). The zero-order valence-electron chi connectivity index (χ0n) is 5.70. The van der Waals surface area contributed by atoms with E-state index in [1.165, 1.54) is 0 Å². The summed E-state index contributed by atoms with van der Waals surface area (Å²) in [6.45, 7) is 0. The van der Waals surface area contributed by atoms with Crippen molar-refractivity contribution in [2.45, 2.75) is 12.5 Å². The number of rotatable bonds is 3. The largest absolute Gasteiger partial charge is 0.480 e. The minimum atomic E-state index is -1.21. The monoisotopic (exact) mass is 155 g/mol. The van der Waals surface area contributed by atoms with Crippen LogP contribution >= 0.6 is 0 Å². The Labute approximate surface area is 80.0 Å². The van der Waals surface area contributed by atoms with Gasteiger partial charge < -0.3 is 16.6 Å². The van der Waals surface area contributed by atoms with Gasteiger partial charge in [0.05, 0.1) is 6.42 Å². The van der Waals surface area contributed by atoms with Crippen LogP contribution in [0.5, 0.6) is 0 Å². The molecule has 0 aliphatic heterocycles. The molecule has 0 saturated carbocycles. The number of hydrogen-bond acceptors (Lipinski definition) is 3. The van der Waals surface area contributed by atoms with Crippen molar-refractivity contribution < 1.29 is 14.7 Å². The second kappa shape index (κ2) is 5.67. The molecule has 10 heavy (non-hydrogen) atoms. The van der Waals surface area contributed by atoms with Crippen molar-refractivity contribution >= 4 is 41.4 Å². The Morgan fingerprint density at radius 1 is 1.50 bits per heavy atom. The van der Waals surface area contributed by atoms with E-state index in [-0.39, 0.29) is 36.0 Å². The molecule has 0 heterocycles. The fraction of sp³-hybridized carbons (Fsp3) is 0.500. The summed E-state index contributed by atoms with van der Waals surface area (Å²) in [5.74, 6) is -1.92. The summed E-state index contributed by atoms with van der Waals surface area (Å²) in [6, 6.07) is -1.16. The molecule has 6 heteroatoms. The third kappa shape index (κ3) is 6.03. The molecule has 5 nitrogen and oxygen atoms in total. The summed E-state index contributed by atoms with van der Waals surface area (Å²) in [5.41, 5.74) is 9.57. The molecule has 0 fully saturated rings. The minimum Gasteiger partial charge on any atom is -0.480 e. The van der Waals surface area contributed by atoms with Crippen molar-refractivity contribution in [3.05, 3.63) is 0 Å². The molecule has 1 atom stereocenters. The SMILES string of the molecule is NC(=O)C[C@H](N)C(=O)O.[Na]. The maximum Gasteiger partial charge on any atom is 0.321 e. The van der Waals surface area contributed by atoms with E-state index in [0.717, 1.165) is 0 Å². The van der Waals surface area contributed by atoms with Crippen LogP contribution in [0, 0.1) is 0 Å². The van der Waals surface area contributed by atoms with E-state index in [2.05, 4.69) is 5.73 Å². The van der Waals surface area contributed by atoms with E-state index < -0.39 is 17.9 Å². The molecule has 1 amide bonds. The molecular weight excluding hydrogens is 147 g/mol. The van der Waals surface area contributed by atoms with Gasteiger partial charge in [-0.3, -0.25) is 9.59 Å². The Bertz CT molecular complexity index is 138. The van der Waals surface area contributed by atoms with Gasteiger partial charge in [-0.05, 0) is 0 Å². The molecular formula is C4H8N2NaO3. The van der Waals surface area contributed by atoms with E-state index in [4.69, 9.17) is 10.8 Å². The molecule has 0 aromatic heterocycles. The average molecular weight is 155 g/mol. The maximum atomic E-state index is 9.99. The Kier molecular flexibility index (Phi) is 7.12. The number of amides is 1. The van der Waals surface area contributed by atoms with Crippen LogP contribution in [-0.4, -0.2) is 52.6 Å². The van der Waals surface area contributed by atoms with E-state index >= 15 is 0 Å². The summed E-state index contributed by atoms with van der Waals surface area (Å²) >= 11 is 0. The molecule has 5 N–H and O–H groups in total. The minimum absolute atomic E-state index is 0. The predicted molar refractivity (Wildman–Crippen MR) is 35.2 cm³/mol. The molecule has 0 saturated heterocycles. The molecule has 0 bridgehead atoms. The van der Waals surface area contributed by atoms with Crippen molar-refractivity contribution in [1.29, 1.82) is 0 Å². The first-order valence-corrected chi connectivity index (χ1v) is 2.30. The van der Waals surface area contributed by atoms with Gasteiger partial charge in [0, 0.05) is 29.6 Å². The smallest absolute Gasteiger partial charge is 0.321 e. The van der Waals surface area contributed by atoms with E-state index in [1.807, 2.05) is 0 Å². The molecule has 0 aliphatic carbocycles. The first kappa shape index (κ1) is 12.6. The molecule has 53 valence electrons. The summed E-state index contributed by atoms with van der Waals surface area (Å²) in [5, 5.41) is 8.10. The second-order valence-corrected chi connectivity index (χ2v) is 1.62. The Balaban J connectivity index is 0. The van der Waals surface area contributed by atoms with Crippen LogP contribution in [0.25, 0.3) is 0 Å². The van der Waals surface area contributed by atoms with Crippen molar-refractivity contribution in [2.75, 3.05) is 0 Å². The third-order valence-corrected chi connectivity index (χ3v) is 0.738. The van der Waals surface area contributed by atoms with Crippen molar-refractivity contribution in [2.24, 2.45) is 11.5 Å². The first-order valence-electron chi connectivity index (χ1n) is 2.30. The molecule has 0 aromatic carbocycles. The van der Waals surface area contributed by atoms with Gasteiger partial charge in [-0.25, -0.2) is 0 Å². The zero-order valence-corrected chi connectivity index (χ0v) is 7.70. The zero-order chi connectivity index (χ0) is 7.44. The Hall–Kier alpha value is -0.100. The standard InChI is InChI=1S/C4H8N2O3.Na/c5-2(4(8)9)1-3(6)7;/h2H,1,5H2,(H2,6,7)(H,8,9);/t2-;/m0./s1. The van der Waals surface area contributed by atoms with Gasteiger partial charge >= 0.3 is 5.97 Å². The summed E-state index contributed by atoms with van der Waals surface area (Å²) < 4.78 is 0. The van der Waals surface area contributed by atoms with Crippen LogP contribution in [0.15, 0.2) is 0 Å². The number of primary amides is 1. The maximum absolute atomic E-state index is 9.99. The summed E-state index contributed by atoms with van der Waals surface area (Å²) in [7, 11) is 0. The normalized spacial score (nSPS) is 11.3. The average Bonchev–Trinajstić information content (AvgIpc) is 1.63. The number of nitrogens with two attached hydrogens (primary N) is 2. The molecule has 0 aromatic rings. The van der Waals surface area contributed by atoms with Gasteiger partial charge in [0.15, 0.2) is 0 Å². The van der Waals surface area contributed by atoms with Gasteiger partial charge in [-0.1, -0.05) is 0 Å². The van der Waals surface area contributed by atoms with Gasteiger partial charge in [-0.15, -0.1) is 0 Å². The first-order chi connectivity index (χ1) is 4.04. The quantitative estimate of drug-likeness (QED) is 0.405. The number of carbonyl (C=O) groups is 2. The summed E-state index contributed by atoms with van der Waals surface area (Å²) in [4.78, 5) is 19.9.